The van der Waals surface area contributed by atoms with E-state index in [9.17, 15) is 9.00 Å². The lowest BCUT2D eigenvalue weighted by molar-refractivity contribution is -0.135. The number of rotatable bonds is 7. The van der Waals surface area contributed by atoms with E-state index >= 15 is 0 Å². The molecule has 5 rings (SSSR count). The van der Waals surface area contributed by atoms with Crippen molar-refractivity contribution in [3.8, 4) is 22.6 Å². The maximum atomic E-state index is 13.4. The Hall–Kier alpha value is -3.72. The van der Waals surface area contributed by atoms with E-state index in [1.54, 1.807) is 6.20 Å². The molecule has 9 heteroatoms. The highest BCUT2D eigenvalue weighted by atomic mass is 32.2. The van der Waals surface area contributed by atoms with Crippen LogP contribution in [0.3, 0.4) is 0 Å². The Bertz CT molecular complexity index is 1440. The monoisotopic (exact) mass is 504 g/mol. The van der Waals surface area contributed by atoms with E-state index in [4.69, 9.17) is 8.94 Å². The zero-order valence-electron chi connectivity index (χ0n) is 20.7. The van der Waals surface area contributed by atoms with Crippen LogP contribution >= 0.6 is 0 Å². The molecule has 0 bridgehead atoms. The Kier molecular flexibility index (Phi) is 6.26. The van der Waals surface area contributed by atoms with E-state index < -0.39 is 11.0 Å². The Morgan fingerprint density at radius 1 is 1.14 bits per heavy atom. The molecule has 1 N–H and O–H groups in total. The van der Waals surface area contributed by atoms with Gasteiger partial charge in [-0.3, -0.25) is 9.52 Å². The first-order valence-corrected chi connectivity index (χ1v) is 12.9. The summed E-state index contributed by atoms with van der Waals surface area (Å²) in [6, 6.07) is 13.4. The third-order valence-electron chi connectivity index (χ3n) is 6.74. The molecule has 4 aromatic rings. The largest absolute Gasteiger partial charge is 0.445 e. The quantitative estimate of drug-likeness (QED) is 0.356. The second-order valence-electron chi connectivity index (χ2n) is 9.65. The predicted molar refractivity (Wildman–Crippen MR) is 137 cm³/mol. The first-order chi connectivity index (χ1) is 17.2. The number of hydrogen-bond acceptors (Lipinski definition) is 6. The molecule has 1 fully saturated rings. The van der Waals surface area contributed by atoms with Crippen LogP contribution < -0.4 is 4.72 Å². The van der Waals surface area contributed by atoms with Crippen LogP contribution in [-0.4, -0.2) is 31.7 Å². The summed E-state index contributed by atoms with van der Waals surface area (Å²) in [4.78, 5) is 19.8. The van der Waals surface area contributed by atoms with Gasteiger partial charge in [0.1, 0.15) is 12.0 Å². The highest BCUT2D eigenvalue weighted by molar-refractivity contribution is 7.86. The molecule has 0 spiro atoms. The number of benzene rings is 2. The second kappa shape index (κ2) is 9.39. The summed E-state index contributed by atoms with van der Waals surface area (Å²) >= 11 is 0. The number of anilines is 1. The van der Waals surface area contributed by atoms with Crippen molar-refractivity contribution in [1.82, 2.24) is 15.0 Å². The summed E-state index contributed by atoms with van der Waals surface area (Å²) in [7, 11) is -1.59. The molecular weight excluding hydrogens is 476 g/mol. The zero-order valence-corrected chi connectivity index (χ0v) is 21.5. The van der Waals surface area contributed by atoms with Gasteiger partial charge >= 0.3 is 0 Å². The lowest BCUT2D eigenvalue weighted by atomic mass is 9.92. The molecule has 3 heterocycles. The molecule has 8 nitrogen and oxygen atoms in total. The van der Waals surface area contributed by atoms with Crippen LogP contribution in [0.2, 0.25) is 0 Å². The van der Waals surface area contributed by atoms with Crippen molar-refractivity contribution >= 4 is 22.7 Å². The highest BCUT2D eigenvalue weighted by Crippen LogP contribution is 2.36. The van der Waals surface area contributed by atoms with Crippen LogP contribution in [0.15, 0.2) is 68.8 Å². The minimum Gasteiger partial charge on any atom is -0.445 e. The van der Waals surface area contributed by atoms with E-state index in [2.05, 4.69) is 14.9 Å². The number of aromatic nitrogens is 2. The molecule has 36 heavy (non-hydrogen) atoms. The van der Waals surface area contributed by atoms with Crippen LogP contribution in [-0.2, 0) is 22.3 Å². The van der Waals surface area contributed by atoms with E-state index in [0.29, 0.717) is 35.5 Å². The molecule has 1 aliphatic heterocycles. The molecule has 0 aliphatic carbocycles. The van der Waals surface area contributed by atoms with Crippen LogP contribution in [0.1, 0.15) is 37.2 Å². The molecule has 0 saturated carbocycles. The normalized spacial score (nSPS) is 15.9. The molecule has 1 unspecified atom stereocenters. The molecule has 1 saturated heterocycles. The van der Waals surface area contributed by atoms with Gasteiger partial charge in [0.25, 0.3) is 0 Å². The molecule has 1 amide bonds. The smallest absolute Gasteiger partial charge is 0.228 e. The summed E-state index contributed by atoms with van der Waals surface area (Å²) in [6.07, 6.45) is 3.95. The molecule has 0 radical (unpaired) electrons. The van der Waals surface area contributed by atoms with Gasteiger partial charge in [0.05, 0.1) is 11.1 Å². The first kappa shape index (κ1) is 24.0. The lowest BCUT2D eigenvalue weighted by Crippen LogP contribution is -2.30. The molecule has 1 atom stereocenters. The SMILES string of the molecule is Cc1onc(NS(=O)c2ccccc2-c2ccc(-c3ncco3)cc2CN2CCC(C)(C)C2=O)c1C. The minimum absolute atomic E-state index is 0.130. The molecule has 186 valence electrons. The fourth-order valence-electron chi connectivity index (χ4n) is 4.40. The summed E-state index contributed by atoms with van der Waals surface area (Å²) in [5.74, 6) is 1.76. The van der Waals surface area contributed by atoms with Crippen molar-refractivity contribution in [3.63, 3.8) is 0 Å². The first-order valence-electron chi connectivity index (χ1n) is 11.8. The number of hydrogen-bond donors (Lipinski definition) is 1. The second-order valence-corrected chi connectivity index (χ2v) is 10.8. The van der Waals surface area contributed by atoms with Gasteiger partial charge in [0.15, 0.2) is 16.8 Å². The van der Waals surface area contributed by atoms with Gasteiger partial charge in [-0.2, -0.15) is 0 Å². The summed E-state index contributed by atoms with van der Waals surface area (Å²) in [6.45, 7) is 8.77. The third-order valence-corrected chi connectivity index (χ3v) is 7.88. The summed E-state index contributed by atoms with van der Waals surface area (Å²) in [5.41, 5.74) is 3.87. The Labute approximate surface area is 212 Å². The number of nitrogens with one attached hydrogen (secondary N) is 1. The average molecular weight is 505 g/mol. The molecule has 2 aromatic heterocycles. The number of amides is 1. The average Bonchev–Trinajstić information content (AvgIpc) is 3.58. The summed E-state index contributed by atoms with van der Waals surface area (Å²) < 4.78 is 27.2. The third kappa shape index (κ3) is 4.46. The Morgan fingerprint density at radius 2 is 1.94 bits per heavy atom. The lowest BCUT2D eigenvalue weighted by Gasteiger charge is -2.22. The number of carbonyl (C=O) groups is 1. The van der Waals surface area contributed by atoms with Gasteiger partial charge in [0, 0.05) is 29.6 Å². The van der Waals surface area contributed by atoms with E-state index in [1.807, 2.05) is 75.1 Å². The molecular formula is C27H28N4O4S. The number of likely N-dealkylation sites (tertiary alicyclic amines) is 1. The standard InChI is InChI=1S/C27H28N4O4S/c1-17-18(2)35-29-24(17)30-36(33)23-8-6-5-7-22(23)21-10-9-19(25-28-12-14-34-25)15-20(21)16-31-13-11-27(3,4)26(31)32/h5-10,12,14-15H,11,13,16H2,1-4H3,(H,29,30). The van der Waals surface area contributed by atoms with Crippen molar-refractivity contribution in [1.29, 1.82) is 0 Å². The number of aryl methyl sites for hydroxylation is 1. The summed E-state index contributed by atoms with van der Waals surface area (Å²) in [5, 5.41) is 3.99. The van der Waals surface area contributed by atoms with Gasteiger partial charge in [-0.05, 0) is 55.2 Å². The maximum Gasteiger partial charge on any atom is 0.228 e. The van der Waals surface area contributed by atoms with Gasteiger partial charge in [-0.25, -0.2) is 9.19 Å². The van der Waals surface area contributed by atoms with E-state index in [0.717, 1.165) is 34.2 Å². The topological polar surface area (TPSA) is 101 Å². The van der Waals surface area contributed by atoms with Gasteiger partial charge in [0.2, 0.25) is 11.8 Å². The van der Waals surface area contributed by atoms with Crippen molar-refractivity contribution < 1.29 is 17.9 Å². The number of oxazole rings is 1. The Morgan fingerprint density at radius 3 is 2.61 bits per heavy atom. The number of carbonyl (C=O) groups excluding carboxylic acids is 1. The number of nitrogens with zero attached hydrogens (tertiary/aromatic N) is 3. The van der Waals surface area contributed by atoms with Crippen LogP contribution in [0, 0.1) is 19.3 Å². The van der Waals surface area contributed by atoms with Crippen molar-refractivity contribution in [3.05, 3.63) is 71.8 Å². The zero-order chi connectivity index (χ0) is 25.4. The maximum absolute atomic E-state index is 13.4. The molecule has 2 aromatic carbocycles. The van der Waals surface area contributed by atoms with Crippen molar-refractivity contribution in [2.24, 2.45) is 5.41 Å². The van der Waals surface area contributed by atoms with Crippen LogP contribution in [0.5, 0.6) is 0 Å². The minimum atomic E-state index is -1.59. The fraction of sp³-hybridized carbons (Fsp3) is 0.296. The van der Waals surface area contributed by atoms with Crippen LogP contribution in [0.4, 0.5) is 5.82 Å². The molecule has 1 aliphatic rings. The highest BCUT2D eigenvalue weighted by Gasteiger charge is 2.38. The van der Waals surface area contributed by atoms with Crippen molar-refractivity contribution in [2.75, 3.05) is 11.3 Å². The van der Waals surface area contributed by atoms with E-state index in [-0.39, 0.29) is 11.3 Å². The van der Waals surface area contributed by atoms with Crippen LogP contribution in [0.25, 0.3) is 22.6 Å². The van der Waals surface area contributed by atoms with Gasteiger partial charge in [-0.1, -0.05) is 43.3 Å². The van der Waals surface area contributed by atoms with Crippen molar-refractivity contribution in [2.45, 2.75) is 45.6 Å². The van der Waals surface area contributed by atoms with Gasteiger partial charge < -0.3 is 13.8 Å². The van der Waals surface area contributed by atoms with Gasteiger partial charge in [-0.15, -0.1) is 0 Å². The predicted octanol–water partition coefficient (Wildman–Crippen LogP) is 5.51. The Balaban J connectivity index is 1.56. The fourth-order valence-corrected chi connectivity index (χ4v) is 5.46. The van der Waals surface area contributed by atoms with E-state index in [1.165, 1.54) is 6.26 Å².